The molecule has 0 aromatic heterocycles. The Balaban J connectivity index is 1.98. The molecule has 0 fully saturated rings. The molecule has 2 N–H and O–H groups in total. The van der Waals surface area contributed by atoms with Gasteiger partial charge in [0, 0.05) is 18.2 Å². The van der Waals surface area contributed by atoms with E-state index in [1.165, 1.54) is 13.1 Å². The number of carbonyl (C=O) groups excluding carboxylic acids is 1. The number of anilines is 1. The van der Waals surface area contributed by atoms with Crippen molar-refractivity contribution in [1.82, 2.24) is 0 Å². The van der Waals surface area contributed by atoms with Gasteiger partial charge < -0.3 is 10.4 Å². The minimum absolute atomic E-state index is 0.108. The minimum Gasteiger partial charge on any atom is -0.507 e. The lowest BCUT2D eigenvalue weighted by atomic mass is 10.2. The third kappa shape index (κ3) is 4.58. The Hall–Kier alpha value is -2.95. The summed E-state index contributed by atoms with van der Waals surface area (Å²) in [5, 5.41) is 20.0. The molecule has 5 heteroatoms. The second-order valence-corrected chi connectivity index (χ2v) is 4.35. The van der Waals surface area contributed by atoms with Gasteiger partial charge in [-0.05, 0) is 29.8 Å². The van der Waals surface area contributed by atoms with Gasteiger partial charge in [0.2, 0.25) is 5.91 Å². The largest absolute Gasteiger partial charge is 0.507 e. The van der Waals surface area contributed by atoms with Gasteiger partial charge in [0.1, 0.15) is 5.75 Å². The molecule has 2 rings (SSSR count). The summed E-state index contributed by atoms with van der Waals surface area (Å²) in [6, 6.07) is 14.1. The number of hydrogen-bond donors (Lipinski definition) is 2. The van der Waals surface area contributed by atoms with Crippen molar-refractivity contribution in [3.05, 3.63) is 59.7 Å². The van der Waals surface area contributed by atoms with Crippen LogP contribution in [0.1, 0.15) is 18.1 Å². The fourth-order valence-corrected chi connectivity index (χ4v) is 1.65. The van der Waals surface area contributed by atoms with Crippen molar-refractivity contribution in [2.45, 2.75) is 6.92 Å². The molecule has 106 valence electrons. The monoisotopic (exact) mass is 281 g/mol. The Morgan fingerprint density at radius 1 is 1.05 bits per heavy atom. The summed E-state index contributed by atoms with van der Waals surface area (Å²) in [7, 11) is 0. The van der Waals surface area contributed by atoms with Crippen LogP contribution in [-0.2, 0) is 4.79 Å². The topological polar surface area (TPSA) is 74.0 Å². The zero-order chi connectivity index (χ0) is 15.1. The molecule has 0 heterocycles. The van der Waals surface area contributed by atoms with E-state index in [1.807, 2.05) is 18.2 Å². The first kappa shape index (κ1) is 14.5. The minimum atomic E-state index is -0.108. The summed E-state index contributed by atoms with van der Waals surface area (Å²) in [4.78, 5) is 10.9. The third-order valence-corrected chi connectivity index (χ3v) is 2.64. The second-order valence-electron chi connectivity index (χ2n) is 4.35. The quantitative estimate of drug-likeness (QED) is 0.668. The highest BCUT2D eigenvalue weighted by Crippen LogP contribution is 2.12. The molecule has 0 saturated heterocycles. The molecule has 0 aliphatic heterocycles. The Bertz CT molecular complexity index is 676. The number of benzene rings is 2. The highest BCUT2D eigenvalue weighted by molar-refractivity contribution is 5.89. The summed E-state index contributed by atoms with van der Waals surface area (Å²) in [6.07, 6.45) is 3.07. The molecule has 2 aromatic carbocycles. The van der Waals surface area contributed by atoms with Gasteiger partial charge in [-0.1, -0.05) is 24.3 Å². The molecule has 0 saturated carbocycles. The van der Waals surface area contributed by atoms with Crippen molar-refractivity contribution >= 4 is 24.0 Å². The summed E-state index contributed by atoms with van der Waals surface area (Å²) >= 11 is 0. The number of amides is 1. The summed E-state index contributed by atoms with van der Waals surface area (Å²) in [6.45, 7) is 1.46. The molecule has 0 aliphatic carbocycles. The smallest absolute Gasteiger partial charge is 0.221 e. The third-order valence-electron chi connectivity index (χ3n) is 2.64. The lowest BCUT2D eigenvalue weighted by Gasteiger charge is -2.00. The Kier molecular flexibility index (Phi) is 4.82. The Morgan fingerprint density at radius 3 is 2.38 bits per heavy atom. The summed E-state index contributed by atoms with van der Waals surface area (Å²) in [5.41, 5.74) is 2.20. The molecule has 5 nitrogen and oxygen atoms in total. The average molecular weight is 281 g/mol. The van der Waals surface area contributed by atoms with Crippen molar-refractivity contribution < 1.29 is 9.90 Å². The van der Waals surface area contributed by atoms with E-state index in [2.05, 4.69) is 15.5 Å². The first-order chi connectivity index (χ1) is 10.1. The molecule has 0 unspecified atom stereocenters. The molecule has 1 amide bonds. The van der Waals surface area contributed by atoms with Crippen LogP contribution in [-0.4, -0.2) is 23.4 Å². The van der Waals surface area contributed by atoms with E-state index >= 15 is 0 Å². The predicted octanol–water partition coefficient (Wildman–Crippen LogP) is 2.80. The maximum absolute atomic E-state index is 10.9. The molecule has 0 aliphatic rings. The highest BCUT2D eigenvalue weighted by atomic mass is 16.3. The van der Waals surface area contributed by atoms with E-state index in [9.17, 15) is 9.90 Å². The van der Waals surface area contributed by atoms with Crippen LogP contribution in [0.15, 0.2) is 58.7 Å². The standard InChI is InChI=1S/C16H15N3O2/c1-12(20)19-15-8-6-13(7-9-15)10-17-18-11-14-4-2-3-5-16(14)21/h2-11,21H,1H3,(H,19,20)/b17-10+,18-11+. The number of rotatable bonds is 4. The van der Waals surface area contributed by atoms with Gasteiger partial charge in [0.25, 0.3) is 0 Å². The van der Waals surface area contributed by atoms with Crippen LogP contribution in [0.2, 0.25) is 0 Å². The number of nitrogens with one attached hydrogen (secondary N) is 1. The zero-order valence-corrected chi connectivity index (χ0v) is 11.5. The molecule has 21 heavy (non-hydrogen) atoms. The van der Waals surface area contributed by atoms with Crippen LogP contribution >= 0.6 is 0 Å². The van der Waals surface area contributed by atoms with Crippen LogP contribution in [0.4, 0.5) is 5.69 Å². The Morgan fingerprint density at radius 2 is 1.71 bits per heavy atom. The molecule has 0 bridgehead atoms. The van der Waals surface area contributed by atoms with Crippen LogP contribution in [0.25, 0.3) is 0 Å². The molecule has 0 spiro atoms. The summed E-state index contributed by atoms with van der Waals surface area (Å²) in [5.74, 6) is 0.0554. The van der Waals surface area contributed by atoms with Gasteiger partial charge in [-0.25, -0.2) is 0 Å². The van der Waals surface area contributed by atoms with Crippen LogP contribution in [0.5, 0.6) is 5.75 Å². The van der Waals surface area contributed by atoms with E-state index < -0.39 is 0 Å². The Labute approximate surface area is 122 Å². The number of phenols is 1. The van der Waals surface area contributed by atoms with Crippen molar-refractivity contribution in [1.29, 1.82) is 0 Å². The van der Waals surface area contributed by atoms with Crippen LogP contribution in [0.3, 0.4) is 0 Å². The number of phenolic OH excluding ortho intramolecular Hbond substituents is 1. The first-order valence-corrected chi connectivity index (χ1v) is 6.37. The van der Waals surface area contributed by atoms with Crippen LogP contribution in [0, 0.1) is 0 Å². The lowest BCUT2D eigenvalue weighted by molar-refractivity contribution is -0.114. The van der Waals surface area contributed by atoms with E-state index in [4.69, 9.17) is 0 Å². The fourth-order valence-electron chi connectivity index (χ4n) is 1.65. The summed E-state index contributed by atoms with van der Waals surface area (Å²) < 4.78 is 0. The van der Waals surface area contributed by atoms with Crippen molar-refractivity contribution in [2.24, 2.45) is 10.2 Å². The SMILES string of the molecule is CC(=O)Nc1ccc(/C=N/N=C/c2ccccc2O)cc1. The highest BCUT2D eigenvalue weighted by Gasteiger charge is 1.95. The average Bonchev–Trinajstić information content (AvgIpc) is 2.46. The van der Waals surface area contributed by atoms with Gasteiger partial charge in [0.15, 0.2) is 0 Å². The number of para-hydroxylation sites is 1. The van der Waals surface area contributed by atoms with Gasteiger partial charge in [-0.2, -0.15) is 10.2 Å². The van der Waals surface area contributed by atoms with Gasteiger partial charge in [0.05, 0.1) is 12.4 Å². The van der Waals surface area contributed by atoms with Gasteiger partial charge in [-0.15, -0.1) is 0 Å². The zero-order valence-electron chi connectivity index (χ0n) is 11.5. The van der Waals surface area contributed by atoms with E-state index in [1.54, 1.807) is 36.5 Å². The fraction of sp³-hybridized carbons (Fsp3) is 0.0625. The molecular weight excluding hydrogens is 266 g/mol. The molecular formula is C16H15N3O2. The normalized spacial score (nSPS) is 11.1. The predicted molar refractivity (Wildman–Crippen MR) is 84.0 cm³/mol. The number of hydrogen-bond acceptors (Lipinski definition) is 4. The van der Waals surface area contributed by atoms with Crippen molar-refractivity contribution in [2.75, 3.05) is 5.32 Å². The first-order valence-electron chi connectivity index (χ1n) is 6.37. The van der Waals surface area contributed by atoms with Crippen LogP contribution < -0.4 is 5.32 Å². The van der Waals surface area contributed by atoms with Gasteiger partial charge >= 0.3 is 0 Å². The maximum Gasteiger partial charge on any atom is 0.221 e. The van der Waals surface area contributed by atoms with E-state index in [-0.39, 0.29) is 11.7 Å². The molecule has 0 atom stereocenters. The van der Waals surface area contributed by atoms with E-state index in [0.29, 0.717) is 5.56 Å². The second kappa shape index (κ2) is 7.00. The number of aromatic hydroxyl groups is 1. The van der Waals surface area contributed by atoms with Gasteiger partial charge in [-0.3, -0.25) is 4.79 Å². The van der Waals surface area contributed by atoms with Crippen molar-refractivity contribution in [3.8, 4) is 5.75 Å². The maximum atomic E-state index is 10.9. The lowest BCUT2D eigenvalue weighted by Crippen LogP contribution is -2.05. The van der Waals surface area contributed by atoms with Crippen molar-refractivity contribution in [3.63, 3.8) is 0 Å². The van der Waals surface area contributed by atoms with E-state index in [0.717, 1.165) is 11.3 Å². The molecule has 2 aromatic rings. The molecule has 0 radical (unpaired) electrons. The number of nitrogens with zero attached hydrogens (tertiary/aromatic N) is 2. The number of carbonyl (C=O) groups is 1.